The third-order valence-corrected chi connectivity index (χ3v) is 5.76. The Balaban J connectivity index is 2.15. The Morgan fingerprint density at radius 3 is 2.55 bits per heavy atom. The number of halogens is 2. The molecule has 2 rings (SSSR count). The number of carbonyl (C=O) groups excluding carboxylic acids is 1. The van der Waals surface area contributed by atoms with Crippen molar-refractivity contribution in [3.63, 3.8) is 0 Å². The fourth-order valence-electron chi connectivity index (χ4n) is 2.35. The number of amides is 2. The van der Waals surface area contributed by atoms with Gasteiger partial charge in [0, 0.05) is 25.9 Å². The summed E-state index contributed by atoms with van der Waals surface area (Å²) in [5, 5.41) is 3.48. The van der Waals surface area contributed by atoms with E-state index in [-0.39, 0.29) is 24.1 Å². The van der Waals surface area contributed by atoms with Gasteiger partial charge in [-0.05, 0) is 42.8 Å². The Hall–Kier alpha value is -2.00. The van der Waals surface area contributed by atoms with Crippen LogP contribution >= 0.6 is 23.2 Å². The van der Waals surface area contributed by atoms with E-state index in [4.69, 9.17) is 32.1 Å². The number of urea groups is 1. The number of rotatable bonds is 9. The number of hydrogen-bond donors (Lipinski definition) is 1. The maximum absolute atomic E-state index is 12.7. The van der Waals surface area contributed by atoms with E-state index in [0.717, 1.165) is 0 Å². The van der Waals surface area contributed by atoms with Crippen LogP contribution < -0.4 is 9.50 Å². The fourth-order valence-corrected chi connectivity index (χ4v) is 3.16. The molecule has 2 amide bonds. The topological polar surface area (TPSA) is 84.9 Å². The molecule has 0 heterocycles. The lowest BCUT2D eigenvalue weighted by molar-refractivity contribution is 0.153. The van der Waals surface area contributed by atoms with Gasteiger partial charge in [0.2, 0.25) is 0 Å². The van der Waals surface area contributed by atoms with Crippen LogP contribution in [0.1, 0.15) is 12.5 Å². The smallest absolute Gasteiger partial charge is 0.322 e. The highest BCUT2D eigenvalue weighted by atomic mass is 35.5. The van der Waals surface area contributed by atoms with Gasteiger partial charge in [-0.1, -0.05) is 35.3 Å². The molecule has 0 aliphatic heterocycles. The van der Waals surface area contributed by atoms with E-state index in [1.807, 2.05) is 0 Å². The molecule has 0 aliphatic carbocycles. The maximum atomic E-state index is 12.7. The Bertz CT molecular complexity index is 953. The van der Waals surface area contributed by atoms with Crippen LogP contribution in [0.25, 0.3) is 0 Å². The van der Waals surface area contributed by atoms with Crippen molar-refractivity contribution in [2.75, 3.05) is 31.3 Å². The summed E-state index contributed by atoms with van der Waals surface area (Å²) in [4.78, 5) is 14.3. The number of hydrogen-bond acceptors (Lipinski definition) is 5. The number of nitrogens with one attached hydrogen (secondary N) is 1. The van der Waals surface area contributed by atoms with Gasteiger partial charge in [-0.3, -0.25) is 0 Å². The Morgan fingerprint density at radius 1 is 1.14 bits per heavy atom. The minimum atomic E-state index is -3.63. The van der Waals surface area contributed by atoms with Crippen LogP contribution in [-0.4, -0.2) is 45.4 Å². The molecule has 0 radical (unpaired) electrons. The SMILES string of the molecule is CCS(=O)(=O)Oc1cccc(CN(CCOC)C(=O)Nc2ccc(Cl)c(Cl)c2)c1. The number of ether oxygens (including phenoxy) is 1. The average Bonchev–Trinajstić information content (AvgIpc) is 2.68. The van der Waals surface area contributed by atoms with Crippen molar-refractivity contribution in [2.24, 2.45) is 0 Å². The minimum absolute atomic E-state index is 0.136. The second-order valence-electron chi connectivity index (χ2n) is 6.05. The summed E-state index contributed by atoms with van der Waals surface area (Å²) >= 11 is 11.9. The van der Waals surface area contributed by atoms with Gasteiger partial charge in [0.05, 0.1) is 22.4 Å². The van der Waals surface area contributed by atoms with Crippen LogP contribution in [0.2, 0.25) is 10.0 Å². The summed E-state index contributed by atoms with van der Waals surface area (Å²) in [5.74, 6) is 0.0596. The molecule has 158 valence electrons. The molecule has 2 aromatic carbocycles. The van der Waals surface area contributed by atoms with Crippen molar-refractivity contribution < 1.29 is 22.1 Å². The van der Waals surface area contributed by atoms with Gasteiger partial charge in [0.25, 0.3) is 0 Å². The number of carbonyl (C=O) groups is 1. The number of methoxy groups -OCH3 is 1. The van der Waals surface area contributed by atoms with Crippen LogP contribution in [0.3, 0.4) is 0 Å². The van der Waals surface area contributed by atoms with Gasteiger partial charge in [-0.2, -0.15) is 8.42 Å². The number of benzene rings is 2. The molecule has 0 aliphatic rings. The Morgan fingerprint density at radius 2 is 1.90 bits per heavy atom. The maximum Gasteiger partial charge on any atom is 0.322 e. The van der Waals surface area contributed by atoms with E-state index >= 15 is 0 Å². The van der Waals surface area contributed by atoms with Gasteiger partial charge in [0.1, 0.15) is 5.75 Å². The zero-order valence-corrected chi connectivity index (χ0v) is 18.4. The van der Waals surface area contributed by atoms with Crippen molar-refractivity contribution in [3.05, 3.63) is 58.1 Å². The lowest BCUT2D eigenvalue weighted by atomic mass is 10.2. The van der Waals surface area contributed by atoms with E-state index in [2.05, 4.69) is 5.32 Å². The van der Waals surface area contributed by atoms with Crippen LogP contribution in [0, 0.1) is 0 Å². The first-order chi connectivity index (χ1) is 13.7. The van der Waals surface area contributed by atoms with E-state index in [0.29, 0.717) is 34.4 Å². The number of anilines is 1. The van der Waals surface area contributed by atoms with E-state index in [9.17, 15) is 13.2 Å². The second-order valence-corrected chi connectivity index (χ2v) is 8.72. The van der Waals surface area contributed by atoms with Gasteiger partial charge < -0.3 is 19.1 Å². The predicted molar refractivity (Wildman–Crippen MR) is 114 cm³/mol. The first kappa shape index (κ1) is 23.3. The molecule has 0 saturated carbocycles. The zero-order valence-electron chi connectivity index (χ0n) is 16.0. The monoisotopic (exact) mass is 460 g/mol. The van der Waals surface area contributed by atoms with Crippen LogP contribution in [0.5, 0.6) is 5.75 Å². The van der Waals surface area contributed by atoms with E-state index < -0.39 is 10.1 Å². The molecule has 0 unspecified atom stereocenters. The van der Waals surface area contributed by atoms with Crippen molar-refractivity contribution in [1.29, 1.82) is 0 Å². The highest BCUT2D eigenvalue weighted by Gasteiger charge is 2.16. The lowest BCUT2D eigenvalue weighted by Gasteiger charge is -2.23. The minimum Gasteiger partial charge on any atom is -0.383 e. The quantitative estimate of drug-likeness (QED) is 0.560. The molecule has 7 nitrogen and oxygen atoms in total. The lowest BCUT2D eigenvalue weighted by Crippen LogP contribution is -2.36. The summed E-state index contributed by atoms with van der Waals surface area (Å²) in [6.07, 6.45) is 0. The molecule has 0 atom stereocenters. The predicted octanol–water partition coefficient (Wildman–Crippen LogP) is 4.40. The molecule has 0 spiro atoms. The van der Waals surface area contributed by atoms with Gasteiger partial charge in [-0.25, -0.2) is 4.79 Å². The molecule has 0 bridgehead atoms. The van der Waals surface area contributed by atoms with E-state index in [1.165, 1.54) is 11.8 Å². The molecule has 10 heteroatoms. The van der Waals surface area contributed by atoms with Crippen LogP contribution in [-0.2, 0) is 21.4 Å². The first-order valence-electron chi connectivity index (χ1n) is 8.75. The molecule has 0 fully saturated rings. The summed E-state index contributed by atoms with van der Waals surface area (Å²) in [6.45, 7) is 2.37. The van der Waals surface area contributed by atoms with Crippen LogP contribution in [0.4, 0.5) is 10.5 Å². The standard InChI is InChI=1S/C19H22Cl2N2O5S/c1-3-29(25,26)28-16-6-4-5-14(11-16)13-23(9-10-27-2)19(24)22-15-7-8-17(20)18(21)12-15/h4-8,11-12H,3,9-10,13H2,1-2H3,(H,22,24). The van der Waals surface area contributed by atoms with Gasteiger partial charge in [-0.15, -0.1) is 0 Å². The number of nitrogens with zero attached hydrogens (tertiary/aromatic N) is 1. The third-order valence-electron chi connectivity index (χ3n) is 3.87. The summed E-state index contributed by atoms with van der Waals surface area (Å²) in [6, 6.07) is 11.0. The van der Waals surface area contributed by atoms with Gasteiger partial charge in [0.15, 0.2) is 0 Å². The zero-order chi connectivity index (χ0) is 21.4. The highest BCUT2D eigenvalue weighted by Crippen LogP contribution is 2.25. The van der Waals surface area contributed by atoms with Crippen molar-refractivity contribution in [3.8, 4) is 5.75 Å². The van der Waals surface area contributed by atoms with Crippen molar-refractivity contribution in [2.45, 2.75) is 13.5 Å². The van der Waals surface area contributed by atoms with E-state index in [1.54, 1.807) is 49.6 Å². The van der Waals surface area contributed by atoms with Gasteiger partial charge >= 0.3 is 16.1 Å². The fraction of sp³-hybridized carbons (Fsp3) is 0.316. The third kappa shape index (κ3) is 7.40. The summed E-state index contributed by atoms with van der Waals surface area (Å²) in [7, 11) is -2.09. The van der Waals surface area contributed by atoms with Crippen molar-refractivity contribution >= 4 is 45.0 Å². The largest absolute Gasteiger partial charge is 0.383 e. The van der Waals surface area contributed by atoms with Crippen molar-refractivity contribution in [1.82, 2.24) is 4.90 Å². The summed E-state index contributed by atoms with van der Waals surface area (Å²) in [5.41, 5.74) is 1.20. The highest BCUT2D eigenvalue weighted by molar-refractivity contribution is 7.87. The molecule has 0 saturated heterocycles. The molecule has 2 aromatic rings. The Labute approximate surface area is 180 Å². The second kappa shape index (κ2) is 10.7. The Kier molecular flexibility index (Phi) is 8.58. The molecule has 1 N–H and O–H groups in total. The van der Waals surface area contributed by atoms with Crippen LogP contribution in [0.15, 0.2) is 42.5 Å². The summed E-state index contributed by atoms with van der Waals surface area (Å²) < 4.78 is 33.5. The molecule has 0 aromatic heterocycles. The normalized spacial score (nSPS) is 11.2. The molecule has 29 heavy (non-hydrogen) atoms. The molecular formula is C19H22Cl2N2O5S. The average molecular weight is 461 g/mol. The first-order valence-corrected chi connectivity index (χ1v) is 11.1. The molecular weight excluding hydrogens is 439 g/mol.